The monoisotopic (exact) mass is 219 g/mol. The largest absolute Gasteiger partial charge is 0.385 e. The van der Waals surface area contributed by atoms with E-state index in [1.807, 2.05) is 0 Å². The molecule has 0 radical (unpaired) electrons. The quantitative estimate of drug-likeness (QED) is 0.558. The summed E-state index contributed by atoms with van der Waals surface area (Å²) in [7, 11) is 3.42. The zero-order chi connectivity index (χ0) is 11.6. The van der Waals surface area contributed by atoms with Crippen LogP contribution in [0.1, 0.15) is 20.3 Å². The Labute approximate surface area is 93.3 Å². The van der Waals surface area contributed by atoms with Gasteiger partial charge in [-0.1, -0.05) is 0 Å². The maximum Gasteiger partial charge on any atom is 0.0639 e. The molecule has 0 aliphatic carbocycles. The third kappa shape index (κ3) is 10.1. The lowest BCUT2D eigenvalue weighted by Gasteiger charge is -2.25. The van der Waals surface area contributed by atoms with Gasteiger partial charge < -0.3 is 19.5 Å². The minimum atomic E-state index is 0.0185. The van der Waals surface area contributed by atoms with Crippen LogP contribution >= 0.6 is 0 Å². The lowest BCUT2D eigenvalue weighted by atomic mass is 10.1. The molecule has 0 aromatic heterocycles. The van der Waals surface area contributed by atoms with Gasteiger partial charge >= 0.3 is 0 Å². The van der Waals surface area contributed by atoms with E-state index in [4.69, 9.17) is 14.2 Å². The summed E-state index contributed by atoms with van der Waals surface area (Å²) in [5.41, 5.74) is 0.0185. The number of methoxy groups -OCH3 is 2. The second kappa shape index (κ2) is 9.09. The van der Waals surface area contributed by atoms with Gasteiger partial charge in [0.25, 0.3) is 0 Å². The summed E-state index contributed by atoms with van der Waals surface area (Å²) >= 11 is 0. The summed E-state index contributed by atoms with van der Waals surface area (Å²) < 4.78 is 15.4. The lowest BCUT2D eigenvalue weighted by molar-refractivity contribution is 0.0895. The number of rotatable bonds is 10. The minimum Gasteiger partial charge on any atom is -0.385 e. The van der Waals surface area contributed by atoms with Gasteiger partial charge in [0.15, 0.2) is 0 Å². The Bertz CT molecular complexity index is 140. The fourth-order valence-corrected chi connectivity index (χ4v) is 1.28. The number of ether oxygens (including phenoxy) is 3. The van der Waals surface area contributed by atoms with E-state index in [-0.39, 0.29) is 5.54 Å². The Hall–Kier alpha value is -0.160. The number of nitrogens with one attached hydrogen (secondary N) is 1. The average molecular weight is 219 g/mol. The summed E-state index contributed by atoms with van der Waals surface area (Å²) in [5.74, 6) is 0. The molecule has 15 heavy (non-hydrogen) atoms. The van der Waals surface area contributed by atoms with Gasteiger partial charge in [-0.2, -0.15) is 0 Å². The Morgan fingerprint density at radius 1 is 1.00 bits per heavy atom. The van der Waals surface area contributed by atoms with Crippen LogP contribution in [0.2, 0.25) is 0 Å². The fraction of sp³-hybridized carbons (Fsp3) is 1.00. The predicted molar refractivity (Wildman–Crippen MR) is 61.3 cm³/mol. The maximum atomic E-state index is 5.43. The number of hydrogen-bond acceptors (Lipinski definition) is 4. The third-order valence-corrected chi connectivity index (χ3v) is 1.99. The first-order valence-electron chi connectivity index (χ1n) is 5.43. The smallest absolute Gasteiger partial charge is 0.0639 e. The molecule has 0 rings (SSSR count). The molecule has 0 aliphatic rings. The third-order valence-electron chi connectivity index (χ3n) is 1.99. The van der Waals surface area contributed by atoms with Crippen LogP contribution in [0.4, 0.5) is 0 Å². The van der Waals surface area contributed by atoms with Crippen molar-refractivity contribution < 1.29 is 14.2 Å². The van der Waals surface area contributed by atoms with Gasteiger partial charge in [0.2, 0.25) is 0 Å². The van der Waals surface area contributed by atoms with Crippen LogP contribution in [0, 0.1) is 0 Å². The maximum absolute atomic E-state index is 5.43. The molecule has 1 N–H and O–H groups in total. The summed E-state index contributed by atoms with van der Waals surface area (Å²) in [5, 5.41) is 3.37. The first kappa shape index (κ1) is 14.8. The second-order valence-electron chi connectivity index (χ2n) is 4.20. The highest BCUT2D eigenvalue weighted by molar-refractivity contribution is 4.76. The molecule has 4 nitrogen and oxygen atoms in total. The summed E-state index contributed by atoms with van der Waals surface area (Å²) in [6.07, 6.45) is 0.956. The van der Waals surface area contributed by atoms with Crippen LogP contribution in [-0.2, 0) is 14.2 Å². The van der Waals surface area contributed by atoms with E-state index in [1.54, 1.807) is 14.2 Å². The van der Waals surface area contributed by atoms with Crippen LogP contribution < -0.4 is 5.32 Å². The molecule has 0 unspecified atom stereocenters. The van der Waals surface area contributed by atoms with E-state index in [9.17, 15) is 0 Å². The molecule has 0 amide bonds. The molecule has 0 heterocycles. The van der Waals surface area contributed by atoms with Crippen molar-refractivity contribution in [3.63, 3.8) is 0 Å². The summed E-state index contributed by atoms with van der Waals surface area (Å²) in [4.78, 5) is 0. The zero-order valence-corrected chi connectivity index (χ0v) is 10.5. The van der Waals surface area contributed by atoms with Crippen molar-refractivity contribution in [3.05, 3.63) is 0 Å². The molecular formula is C11H25NO3. The van der Waals surface area contributed by atoms with Gasteiger partial charge in [-0.15, -0.1) is 0 Å². The van der Waals surface area contributed by atoms with E-state index >= 15 is 0 Å². The molecule has 0 spiro atoms. The van der Waals surface area contributed by atoms with Crippen LogP contribution in [0.3, 0.4) is 0 Å². The standard InChI is InChI=1S/C11H25NO3/c1-11(2,10-14-4)12-6-9-15-8-5-7-13-3/h12H,5-10H2,1-4H3. The summed E-state index contributed by atoms with van der Waals surface area (Å²) in [6.45, 7) is 8.04. The van der Waals surface area contributed by atoms with Gasteiger partial charge in [0.1, 0.15) is 0 Å². The Morgan fingerprint density at radius 2 is 1.73 bits per heavy atom. The molecule has 0 fully saturated rings. The molecule has 0 aromatic rings. The van der Waals surface area contributed by atoms with Crippen LogP contribution in [-0.4, -0.2) is 52.7 Å². The molecule has 92 valence electrons. The van der Waals surface area contributed by atoms with E-state index in [0.29, 0.717) is 6.61 Å². The first-order valence-corrected chi connectivity index (χ1v) is 5.43. The molecule has 4 heteroatoms. The molecule has 0 aromatic carbocycles. The summed E-state index contributed by atoms with van der Waals surface area (Å²) in [6, 6.07) is 0. The Morgan fingerprint density at radius 3 is 2.33 bits per heavy atom. The van der Waals surface area contributed by atoms with Crippen molar-refractivity contribution in [2.45, 2.75) is 25.8 Å². The predicted octanol–water partition coefficient (Wildman–Crippen LogP) is 1.05. The van der Waals surface area contributed by atoms with Crippen molar-refractivity contribution in [3.8, 4) is 0 Å². The van der Waals surface area contributed by atoms with Crippen molar-refractivity contribution in [2.75, 3.05) is 47.2 Å². The minimum absolute atomic E-state index is 0.0185. The van der Waals surface area contributed by atoms with Gasteiger partial charge in [0.05, 0.1) is 13.2 Å². The van der Waals surface area contributed by atoms with Crippen molar-refractivity contribution >= 4 is 0 Å². The highest BCUT2D eigenvalue weighted by atomic mass is 16.5. The SMILES string of the molecule is COCCCOCCNC(C)(C)COC. The van der Waals surface area contributed by atoms with E-state index in [1.165, 1.54) is 0 Å². The van der Waals surface area contributed by atoms with Gasteiger partial charge in [-0.05, 0) is 20.3 Å². The first-order chi connectivity index (χ1) is 7.12. The fourth-order valence-electron chi connectivity index (χ4n) is 1.28. The Balaban J connectivity index is 3.22. The van der Waals surface area contributed by atoms with Crippen LogP contribution in [0.5, 0.6) is 0 Å². The van der Waals surface area contributed by atoms with Crippen molar-refractivity contribution in [1.82, 2.24) is 5.32 Å². The van der Waals surface area contributed by atoms with E-state index < -0.39 is 0 Å². The van der Waals surface area contributed by atoms with Crippen molar-refractivity contribution in [2.24, 2.45) is 0 Å². The normalized spacial score (nSPS) is 12.0. The molecular weight excluding hydrogens is 194 g/mol. The average Bonchev–Trinajstić information content (AvgIpc) is 2.16. The van der Waals surface area contributed by atoms with Crippen LogP contribution in [0.25, 0.3) is 0 Å². The lowest BCUT2D eigenvalue weighted by Crippen LogP contribution is -2.44. The molecule has 0 aliphatic heterocycles. The number of hydrogen-bond donors (Lipinski definition) is 1. The van der Waals surface area contributed by atoms with E-state index in [2.05, 4.69) is 19.2 Å². The second-order valence-corrected chi connectivity index (χ2v) is 4.20. The van der Waals surface area contributed by atoms with Gasteiger partial charge in [0, 0.05) is 39.5 Å². The topological polar surface area (TPSA) is 39.7 Å². The van der Waals surface area contributed by atoms with Gasteiger partial charge in [-0.3, -0.25) is 0 Å². The molecule has 0 atom stereocenters. The zero-order valence-electron chi connectivity index (χ0n) is 10.5. The van der Waals surface area contributed by atoms with E-state index in [0.717, 1.165) is 32.8 Å². The highest BCUT2D eigenvalue weighted by Gasteiger charge is 2.15. The molecule has 0 bridgehead atoms. The van der Waals surface area contributed by atoms with Gasteiger partial charge in [-0.25, -0.2) is 0 Å². The van der Waals surface area contributed by atoms with Crippen molar-refractivity contribution in [1.29, 1.82) is 0 Å². The highest BCUT2D eigenvalue weighted by Crippen LogP contribution is 2.00. The molecule has 0 saturated heterocycles. The Kier molecular flexibility index (Phi) is 9.00. The van der Waals surface area contributed by atoms with Crippen LogP contribution in [0.15, 0.2) is 0 Å². The molecule has 0 saturated carbocycles.